The molecule has 14 heavy (non-hydrogen) atoms. The molecule has 3 N–H and O–H groups in total. The Hall–Kier alpha value is -0.610. The van der Waals surface area contributed by atoms with E-state index in [0.717, 1.165) is 12.8 Å². The number of aliphatic carboxylic acids is 1. The molecule has 0 spiro atoms. The normalized spacial score (nSPS) is 38.2. The van der Waals surface area contributed by atoms with E-state index in [-0.39, 0.29) is 12.3 Å². The fourth-order valence-electron chi connectivity index (χ4n) is 2.37. The maximum Gasteiger partial charge on any atom is 0.309 e. The van der Waals surface area contributed by atoms with Gasteiger partial charge in [-0.3, -0.25) is 4.79 Å². The highest BCUT2D eigenvalue weighted by molar-refractivity contribution is 5.71. The van der Waals surface area contributed by atoms with Crippen LogP contribution in [0.3, 0.4) is 0 Å². The van der Waals surface area contributed by atoms with E-state index < -0.39 is 24.1 Å². The van der Waals surface area contributed by atoms with Crippen LogP contribution in [0.2, 0.25) is 0 Å². The molecule has 0 saturated heterocycles. The Morgan fingerprint density at radius 2 is 2.00 bits per heavy atom. The summed E-state index contributed by atoms with van der Waals surface area (Å²) in [5.41, 5.74) is 0. The van der Waals surface area contributed by atoms with Crippen molar-refractivity contribution in [2.75, 3.05) is 0 Å². The summed E-state index contributed by atoms with van der Waals surface area (Å²) >= 11 is 0. The smallest absolute Gasteiger partial charge is 0.309 e. The van der Waals surface area contributed by atoms with Crippen LogP contribution in [0.25, 0.3) is 0 Å². The summed E-state index contributed by atoms with van der Waals surface area (Å²) < 4.78 is 0. The molecular formula is C10H18O4. The predicted molar refractivity (Wildman–Crippen MR) is 50.8 cm³/mol. The molecule has 1 fully saturated rings. The van der Waals surface area contributed by atoms with Crippen molar-refractivity contribution >= 4 is 5.97 Å². The van der Waals surface area contributed by atoms with Gasteiger partial charge in [-0.2, -0.15) is 0 Å². The number of aliphatic hydroxyl groups excluding tert-OH is 2. The first-order chi connectivity index (χ1) is 6.56. The molecule has 4 nitrogen and oxygen atoms in total. The third kappa shape index (κ3) is 2.45. The Morgan fingerprint density at radius 3 is 2.50 bits per heavy atom. The zero-order chi connectivity index (χ0) is 10.7. The molecule has 82 valence electrons. The Kier molecular flexibility index (Phi) is 3.89. The Labute approximate surface area is 83.6 Å². The van der Waals surface area contributed by atoms with Gasteiger partial charge in [0.1, 0.15) is 0 Å². The second-order valence-electron chi connectivity index (χ2n) is 4.11. The van der Waals surface area contributed by atoms with Gasteiger partial charge in [-0.05, 0) is 18.8 Å². The molecule has 0 aromatic rings. The summed E-state index contributed by atoms with van der Waals surface area (Å²) in [7, 11) is 0. The number of carboxylic acids is 1. The number of carbonyl (C=O) groups is 1. The van der Waals surface area contributed by atoms with Crippen LogP contribution in [0.4, 0.5) is 0 Å². The minimum absolute atomic E-state index is 0.0868. The molecule has 0 amide bonds. The fourth-order valence-corrected chi connectivity index (χ4v) is 2.37. The van der Waals surface area contributed by atoms with E-state index in [9.17, 15) is 15.0 Å². The van der Waals surface area contributed by atoms with Crippen molar-refractivity contribution in [2.24, 2.45) is 11.8 Å². The summed E-state index contributed by atoms with van der Waals surface area (Å²) in [6.45, 7) is 1.98. The van der Waals surface area contributed by atoms with Gasteiger partial charge in [0, 0.05) is 6.42 Å². The lowest BCUT2D eigenvalue weighted by Gasteiger charge is -2.35. The zero-order valence-electron chi connectivity index (χ0n) is 8.39. The van der Waals surface area contributed by atoms with Crippen LogP contribution in [0, 0.1) is 11.8 Å². The highest BCUT2D eigenvalue weighted by Gasteiger charge is 2.40. The van der Waals surface area contributed by atoms with Crippen molar-refractivity contribution in [3.05, 3.63) is 0 Å². The van der Waals surface area contributed by atoms with Crippen LogP contribution in [0.1, 0.15) is 32.6 Å². The SMILES string of the molecule is CCCC1CC(O)CC(O)C1C(=O)O. The minimum Gasteiger partial charge on any atom is -0.481 e. The van der Waals surface area contributed by atoms with Crippen LogP contribution >= 0.6 is 0 Å². The summed E-state index contributed by atoms with van der Waals surface area (Å²) in [5, 5.41) is 27.9. The minimum atomic E-state index is -0.942. The molecule has 1 saturated carbocycles. The Balaban J connectivity index is 2.70. The largest absolute Gasteiger partial charge is 0.481 e. The average Bonchev–Trinajstić information content (AvgIpc) is 2.01. The molecule has 1 aliphatic rings. The molecule has 4 atom stereocenters. The molecule has 1 aliphatic carbocycles. The van der Waals surface area contributed by atoms with Gasteiger partial charge in [0.25, 0.3) is 0 Å². The van der Waals surface area contributed by atoms with Crippen molar-refractivity contribution in [1.29, 1.82) is 0 Å². The average molecular weight is 202 g/mol. The second-order valence-corrected chi connectivity index (χ2v) is 4.11. The van der Waals surface area contributed by atoms with E-state index >= 15 is 0 Å². The first-order valence-corrected chi connectivity index (χ1v) is 5.15. The lowest BCUT2D eigenvalue weighted by atomic mass is 9.74. The maximum absolute atomic E-state index is 10.9. The van der Waals surface area contributed by atoms with Crippen molar-refractivity contribution < 1.29 is 20.1 Å². The van der Waals surface area contributed by atoms with Crippen molar-refractivity contribution in [3.63, 3.8) is 0 Å². The van der Waals surface area contributed by atoms with E-state index in [2.05, 4.69) is 0 Å². The number of aliphatic hydroxyl groups is 2. The summed E-state index contributed by atoms with van der Waals surface area (Å²) in [4.78, 5) is 10.9. The molecular weight excluding hydrogens is 184 g/mol. The molecule has 1 rings (SSSR count). The van der Waals surface area contributed by atoms with E-state index in [1.165, 1.54) is 0 Å². The van der Waals surface area contributed by atoms with Gasteiger partial charge >= 0.3 is 5.97 Å². The molecule has 0 radical (unpaired) electrons. The standard InChI is InChI=1S/C10H18O4/c1-2-3-6-4-7(11)5-8(12)9(6)10(13)14/h6-9,11-12H,2-5H2,1H3,(H,13,14). The lowest BCUT2D eigenvalue weighted by Crippen LogP contribution is -2.43. The molecule has 0 aromatic carbocycles. The number of hydrogen-bond acceptors (Lipinski definition) is 3. The Morgan fingerprint density at radius 1 is 1.36 bits per heavy atom. The van der Waals surface area contributed by atoms with Gasteiger partial charge in [-0.25, -0.2) is 0 Å². The van der Waals surface area contributed by atoms with E-state index in [1.807, 2.05) is 6.92 Å². The van der Waals surface area contributed by atoms with Gasteiger partial charge in [0.2, 0.25) is 0 Å². The number of carboxylic acid groups (broad SMARTS) is 1. The van der Waals surface area contributed by atoms with Gasteiger partial charge in [-0.15, -0.1) is 0 Å². The van der Waals surface area contributed by atoms with Crippen LogP contribution in [-0.2, 0) is 4.79 Å². The van der Waals surface area contributed by atoms with Crippen LogP contribution < -0.4 is 0 Å². The van der Waals surface area contributed by atoms with Crippen molar-refractivity contribution in [1.82, 2.24) is 0 Å². The van der Waals surface area contributed by atoms with Crippen LogP contribution in [0.15, 0.2) is 0 Å². The van der Waals surface area contributed by atoms with Gasteiger partial charge in [-0.1, -0.05) is 13.3 Å². The molecule has 4 heteroatoms. The van der Waals surface area contributed by atoms with E-state index in [4.69, 9.17) is 5.11 Å². The number of hydrogen-bond donors (Lipinski definition) is 3. The predicted octanol–water partition coefficient (Wildman–Crippen LogP) is 0.619. The van der Waals surface area contributed by atoms with Gasteiger partial charge in [0.05, 0.1) is 18.1 Å². The summed E-state index contributed by atoms with van der Waals surface area (Å²) in [6.07, 6.45) is 0.892. The molecule has 0 aromatic heterocycles. The van der Waals surface area contributed by atoms with Crippen LogP contribution in [0.5, 0.6) is 0 Å². The van der Waals surface area contributed by atoms with Gasteiger partial charge < -0.3 is 15.3 Å². The molecule has 4 unspecified atom stereocenters. The third-order valence-corrected chi connectivity index (χ3v) is 2.96. The number of rotatable bonds is 3. The second kappa shape index (κ2) is 4.75. The molecule has 0 bridgehead atoms. The first-order valence-electron chi connectivity index (χ1n) is 5.15. The summed E-state index contributed by atoms with van der Waals surface area (Å²) in [6, 6.07) is 0. The quantitative estimate of drug-likeness (QED) is 0.627. The van der Waals surface area contributed by atoms with E-state index in [0.29, 0.717) is 6.42 Å². The summed E-state index contributed by atoms with van der Waals surface area (Å²) in [5.74, 6) is -1.72. The third-order valence-electron chi connectivity index (χ3n) is 2.96. The monoisotopic (exact) mass is 202 g/mol. The first kappa shape index (κ1) is 11.5. The maximum atomic E-state index is 10.9. The highest BCUT2D eigenvalue weighted by atomic mass is 16.4. The Bertz CT molecular complexity index is 204. The van der Waals surface area contributed by atoms with E-state index in [1.54, 1.807) is 0 Å². The lowest BCUT2D eigenvalue weighted by molar-refractivity contribution is -0.153. The fraction of sp³-hybridized carbons (Fsp3) is 0.900. The van der Waals surface area contributed by atoms with Crippen molar-refractivity contribution in [3.8, 4) is 0 Å². The molecule has 0 aliphatic heterocycles. The van der Waals surface area contributed by atoms with Gasteiger partial charge in [0.15, 0.2) is 0 Å². The topological polar surface area (TPSA) is 77.8 Å². The highest BCUT2D eigenvalue weighted by Crippen LogP contribution is 2.33. The molecule has 0 heterocycles. The van der Waals surface area contributed by atoms with Crippen LogP contribution in [-0.4, -0.2) is 33.5 Å². The van der Waals surface area contributed by atoms with Crippen molar-refractivity contribution in [2.45, 2.75) is 44.8 Å². The zero-order valence-corrected chi connectivity index (χ0v) is 8.39.